The Balaban J connectivity index is 2.74. The molecule has 1 aromatic rings. The van der Waals surface area contributed by atoms with E-state index in [9.17, 15) is 0 Å². The lowest BCUT2D eigenvalue weighted by molar-refractivity contribution is 0.190. The molecule has 1 aromatic heterocycles. The highest BCUT2D eigenvalue weighted by Gasteiger charge is 2.06. The van der Waals surface area contributed by atoms with Crippen LogP contribution < -0.4 is 5.73 Å². The van der Waals surface area contributed by atoms with Crippen LogP contribution in [0.3, 0.4) is 0 Å². The van der Waals surface area contributed by atoms with Crippen LogP contribution in [-0.2, 0) is 0 Å². The molecule has 10 heavy (non-hydrogen) atoms. The summed E-state index contributed by atoms with van der Waals surface area (Å²) >= 11 is 6.98. The Morgan fingerprint density at radius 2 is 2.40 bits per heavy atom. The summed E-state index contributed by atoms with van der Waals surface area (Å²) in [7, 11) is 0. The van der Waals surface area contributed by atoms with Gasteiger partial charge in [0, 0.05) is 11.4 Å². The molecule has 1 rings (SSSR count). The molecule has 0 aliphatic rings. The van der Waals surface area contributed by atoms with Crippen molar-refractivity contribution in [3.05, 3.63) is 21.3 Å². The van der Waals surface area contributed by atoms with Gasteiger partial charge < -0.3 is 10.8 Å². The third kappa shape index (κ3) is 1.70. The number of hydrogen-bond acceptors (Lipinski definition) is 3. The van der Waals surface area contributed by atoms with Gasteiger partial charge in [0.25, 0.3) is 0 Å². The van der Waals surface area contributed by atoms with E-state index < -0.39 is 6.10 Å². The van der Waals surface area contributed by atoms with E-state index in [0.717, 1.165) is 4.88 Å². The first kappa shape index (κ1) is 8.01. The SMILES string of the molecule is NC[C@H](O)c1ccc(Cl)s1. The summed E-state index contributed by atoms with van der Waals surface area (Å²) in [6.45, 7) is 0.247. The fourth-order valence-corrected chi connectivity index (χ4v) is 1.68. The molecule has 1 atom stereocenters. The van der Waals surface area contributed by atoms with Crippen molar-refractivity contribution in [3.63, 3.8) is 0 Å². The fraction of sp³-hybridized carbons (Fsp3) is 0.333. The minimum Gasteiger partial charge on any atom is -0.386 e. The van der Waals surface area contributed by atoms with E-state index >= 15 is 0 Å². The molecule has 0 saturated heterocycles. The van der Waals surface area contributed by atoms with Gasteiger partial charge in [0.05, 0.1) is 4.34 Å². The van der Waals surface area contributed by atoms with E-state index in [0.29, 0.717) is 4.34 Å². The first-order valence-corrected chi connectivity index (χ1v) is 4.07. The predicted octanol–water partition coefficient (Wildman–Crippen LogP) is 1.39. The first-order valence-electron chi connectivity index (χ1n) is 2.87. The van der Waals surface area contributed by atoms with E-state index in [1.165, 1.54) is 11.3 Å². The standard InChI is InChI=1S/C6H8ClNOS/c7-6-2-1-5(10-6)4(9)3-8/h1-2,4,9H,3,8H2/t4-/m0/s1. The lowest BCUT2D eigenvalue weighted by Gasteiger charge is -2.01. The Kier molecular flexibility index (Phi) is 2.68. The zero-order valence-corrected chi connectivity index (χ0v) is 6.82. The van der Waals surface area contributed by atoms with Crippen molar-refractivity contribution in [2.24, 2.45) is 5.73 Å². The summed E-state index contributed by atoms with van der Waals surface area (Å²) in [4.78, 5) is 0.826. The van der Waals surface area contributed by atoms with E-state index in [1.807, 2.05) is 0 Å². The third-order valence-corrected chi connectivity index (χ3v) is 2.48. The molecule has 0 saturated carbocycles. The Labute approximate surface area is 68.2 Å². The van der Waals surface area contributed by atoms with Crippen molar-refractivity contribution in [1.29, 1.82) is 0 Å². The van der Waals surface area contributed by atoms with Crippen LogP contribution in [0.5, 0.6) is 0 Å². The number of thiophene rings is 1. The van der Waals surface area contributed by atoms with Gasteiger partial charge in [-0.15, -0.1) is 11.3 Å². The largest absolute Gasteiger partial charge is 0.386 e. The highest BCUT2D eigenvalue weighted by molar-refractivity contribution is 7.16. The van der Waals surface area contributed by atoms with Gasteiger partial charge in [0.2, 0.25) is 0 Å². The van der Waals surface area contributed by atoms with Crippen LogP contribution in [0.4, 0.5) is 0 Å². The third-order valence-electron chi connectivity index (χ3n) is 1.15. The lowest BCUT2D eigenvalue weighted by Crippen LogP contribution is -2.09. The minimum atomic E-state index is -0.558. The topological polar surface area (TPSA) is 46.2 Å². The monoisotopic (exact) mass is 177 g/mol. The highest BCUT2D eigenvalue weighted by atomic mass is 35.5. The summed E-state index contributed by atoms with van der Waals surface area (Å²) in [6, 6.07) is 3.53. The Morgan fingerprint density at radius 3 is 2.80 bits per heavy atom. The number of halogens is 1. The van der Waals surface area contributed by atoms with Crippen LogP contribution in [0.15, 0.2) is 12.1 Å². The van der Waals surface area contributed by atoms with Crippen molar-refractivity contribution < 1.29 is 5.11 Å². The molecule has 1 heterocycles. The maximum absolute atomic E-state index is 9.17. The summed E-state index contributed by atoms with van der Waals surface area (Å²) in [5.41, 5.74) is 5.23. The van der Waals surface area contributed by atoms with Gasteiger partial charge in [-0.25, -0.2) is 0 Å². The maximum atomic E-state index is 9.17. The minimum absolute atomic E-state index is 0.247. The lowest BCUT2D eigenvalue weighted by atomic mass is 10.3. The van der Waals surface area contributed by atoms with Crippen molar-refractivity contribution in [2.45, 2.75) is 6.10 Å². The number of nitrogens with two attached hydrogens (primary N) is 1. The maximum Gasteiger partial charge on any atom is 0.100 e. The smallest absolute Gasteiger partial charge is 0.100 e. The Morgan fingerprint density at radius 1 is 1.70 bits per heavy atom. The molecular weight excluding hydrogens is 170 g/mol. The second-order valence-electron chi connectivity index (χ2n) is 1.89. The van der Waals surface area contributed by atoms with Crippen LogP contribution in [-0.4, -0.2) is 11.7 Å². The first-order chi connectivity index (χ1) is 4.74. The van der Waals surface area contributed by atoms with E-state index in [-0.39, 0.29) is 6.54 Å². The molecular formula is C6H8ClNOS. The van der Waals surface area contributed by atoms with Crippen LogP contribution in [0, 0.1) is 0 Å². The second-order valence-corrected chi connectivity index (χ2v) is 3.64. The van der Waals surface area contributed by atoms with Crippen molar-refractivity contribution >= 4 is 22.9 Å². The van der Waals surface area contributed by atoms with Crippen LogP contribution in [0.25, 0.3) is 0 Å². The fourth-order valence-electron chi connectivity index (χ4n) is 0.624. The average molecular weight is 178 g/mol. The molecule has 2 nitrogen and oxygen atoms in total. The molecule has 4 heteroatoms. The molecule has 3 N–H and O–H groups in total. The average Bonchev–Trinajstić information content (AvgIpc) is 2.34. The summed E-state index contributed by atoms with van der Waals surface area (Å²) in [5, 5.41) is 9.17. The summed E-state index contributed by atoms with van der Waals surface area (Å²) in [5.74, 6) is 0. The van der Waals surface area contributed by atoms with Crippen LogP contribution in [0.1, 0.15) is 11.0 Å². The molecule has 0 aromatic carbocycles. The molecule has 56 valence electrons. The van der Waals surface area contributed by atoms with Crippen molar-refractivity contribution in [3.8, 4) is 0 Å². The number of hydrogen-bond donors (Lipinski definition) is 2. The normalized spacial score (nSPS) is 13.5. The molecule has 0 bridgehead atoms. The van der Waals surface area contributed by atoms with Gasteiger partial charge in [-0.1, -0.05) is 11.6 Å². The Hall–Kier alpha value is -0.0900. The zero-order chi connectivity index (χ0) is 7.56. The molecule has 0 spiro atoms. The Bertz CT molecular complexity index is 213. The summed E-state index contributed by atoms with van der Waals surface area (Å²) in [6.07, 6.45) is -0.558. The van der Waals surface area contributed by atoms with Crippen molar-refractivity contribution in [1.82, 2.24) is 0 Å². The quantitative estimate of drug-likeness (QED) is 0.718. The molecule has 0 unspecified atom stereocenters. The highest BCUT2D eigenvalue weighted by Crippen LogP contribution is 2.25. The van der Waals surface area contributed by atoms with Crippen molar-refractivity contribution in [2.75, 3.05) is 6.54 Å². The van der Waals surface area contributed by atoms with Crippen LogP contribution in [0.2, 0.25) is 4.34 Å². The number of aliphatic hydroxyl groups is 1. The molecule has 0 aliphatic heterocycles. The molecule has 0 amide bonds. The summed E-state index contributed by atoms with van der Waals surface area (Å²) < 4.78 is 0.683. The number of aliphatic hydroxyl groups excluding tert-OH is 1. The van der Waals surface area contributed by atoms with E-state index in [4.69, 9.17) is 22.4 Å². The van der Waals surface area contributed by atoms with Gasteiger partial charge in [-0.3, -0.25) is 0 Å². The second kappa shape index (κ2) is 3.34. The van der Waals surface area contributed by atoms with Gasteiger partial charge in [-0.05, 0) is 12.1 Å². The predicted molar refractivity (Wildman–Crippen MR) is 43.3 cm³/mol. The van der Waals surface area contributed by atoms with Gasteiger partial charge in [0.15, 0.2) is 0 Å². The molecule has 0 radical (unpaired) electrons. The molecule has 0 aliphatic carbocycles. The van der Waals surface area contributed by atoms with Gasteiger partial charge in [0.1, 0.15) is 6.10 Å². The van der Waals surface area contributed by atoms with E-state index in [2.05, 4.69) is 0 Å². The van der Waals surface area contributed by atoms with Gasteiger partial charge in [-0.2, -0.15) is 0 Å². The number of rotatable bonds is 2. The van der Waals surface area contributed by atoms with Crippen LogP contribution >= 0.6 is 22.9 Å². The molecule has 0 fully saturated rings. The zero-order valence-electron chi connectivity index (χ0n) is 5.25. The van der Waals surface area contributed by atoms with Gasteiger partial charge >= 0.3 is 0 Å². The van der Waals surface area contributed by atoms with E-state index in [1.54, 1.807) is 12.1 Å².